The number of aryl methyl sites for hydroxylation is 1. The van der Waals surface area contributed by atoms with Crippen molar-refractivity contribution >= 4 is 75.8 Å². The van der Waals surface area contributed by atoms with Crippen LogP contribution in [0.5, 0.6) is 0 Å². The fourth-order valence-corrected chi connectivity index (χ4v) is 8.04. The van der Waals surface area contributed by atoms with E-state index in [0.717, 1.165) is 10.8 Å². The molecule has 24 heteroatoms. The van der Waals surface area contributed by atoms with E-state index in [4.69, 9.17) is 5.11 Å². The number of nitrogens with one attached hydrogen (secondary N) is 7. The van der Waals surface area contributed by atoms with Gasteiger partial charge in [0.1, 0.15) is 36.3 Å². The third kappa shape index (κ3) is 21.3. The van der Waals surface area contributed by atoms with Crippen LogP contribution in [-0.2, 0) is 59.2 Å². The van der Waals surface area contributed by atoms with Crippen LogP contribution in [-0.4, -0.2) is 123 Å². The lowest BCUT2D eigenvalue weighted by Crippen LogP contribution is -2.62. The second kappa shape index (κ2) is 28.8. The number of ketones is 1. The molecule has 0 fully saturated rings. The van der Waals surface area contributed by atoms with Gasteiger partial charge in [0.05, 0.1) is 25.3 Å². The Hall–Kier alpha value is -7.92. The van der Waals surface area contributed by atoms with Crippen molar-refractivity contribution in [1.29, 1.82) is 0 Å². The molecule has 3 rings (SSSR count). The van der Waals surface area contributed by atoms with Gasteiger partial charge >= 0.3 is 24.1 Å². The third-order valence-electron chi connectivity index (χ3n) is 12.1. The van der Waals surface area contributed by atoms with Gasteiger partial charge in [-0.1, -0.05) is 102 Å². The summed E-state index contributed by atoms with van der Waals surface area (Å²) in [5, 5.41) is 45.9. The molecule has 21 nitrogen and oxygen atoms in total. The molecule has 0 spiro atoms. The summed E-state index contributed by atoms with van der Waals surface area (Å²) in [6, 6.07) is 7.42. The Kier molecular flexibility index (Phi) is 23.7. The SMILES string of the molecule is CC[C@H](NC(=O)C(=O)[C@@H](CC(F)(F)F)NC(=O)[C@H](CC(C)C)NC(=O)[C@@H](NC(=O)[C@H](Cc1ccccc1C)NC(=O)[C@H](CCC(=O)O)NC(=O)[C@H](CC(=O)O)NC(=O)CCC(=O)O)C(C)(C)C)c1ccc2ccccc2c1. The predicted octanol–water partition coefficient (Wildman–Crippen LogP) is 3.69. The van der Waals surface area contributed by atoms with Crippen LogP contribution in [0, 0.1) is 18.3 Å². The Morgan fingerprint density at radius 2 is 1.12 bits per heavy atom. The van der Waals surface area contributed by atoms with E-state index in [9.17, 15) is 76.1 Å². The van der Waals surface area contributed by atoms with Crippen LogP contribution in [0.4, 0.5) is 13.2 Å². The maximum atomic E-state index is 14.5. The largest absolute Gasteiger partial charge is 0.481 e. The molecule has 10 N–H and O–H groups in total. The van der Waals surface area contributed by atoms with Gasteiger partial charge in [0.2, 0.25) is 41.2 Å². The fraction of sp³-hybridized carbons (Fsp3) is 0.491. The van der Waals surface area contributed by atoms with Gasteiger partial charge < -0.3 is 52.5 Å². The van der Waals surface area contributed by atoms with Crippen molar-refractivity contribution in [3.05, 3.63) is 83.4 Å². The van der Waals surface area contributed by atoms with Gasteiger partial charge in [-0.25, -0.2) is 0 Å². The average Bonchev–Trinajstić information content (AvgIpc) is 3.33. The van der Waals surface area contributed by atoms with Crippen LogP contribution < -0.4 is 37.2 Å². The highest BCUT2D eigenvalue weighted by atomic mass is 19.4. The summed E-state index contributed by atoms with van der Waals surface area (Å²) in [5.41, 5.74) is 0.468. The molecule has 0 aliphatic carbocycles. The molecule has 0 saturated heterocycles. The van der Waals surface area contributed by atoms with Crippen LogP contribution >= 0.6 is 0 Å². The number of carboxylic acids is 3. The van der Waals surface area contributed by atoms with Crippen LogP contribution in [0.15, 0.2) is 66.7 Å². The van der Waals surface area contributed by atoms with Gasteiger partial charge in [-0.2, -0.15) is 13.2 Å². The lowest BCUT2D eigenvalue weighted by Gasteiger charge is -2.34. The maximum absolute atomic E-state index is 14.5. The molecule has 0 unspecified atom stereocenters. The first-order valence-electron chi connectivity index (χ1n) is 24.8. The van der Waals surface area contributed by atoms with Crippen molar-refractivity contribution in [2.24, 2.45) is 11.3 Å². The number of hydrogen-bond donors (Lipinski definition) is 10. The van der Waals surface area contributed by atoms with Crippen molar-refractivity contribution in [1.82, 2.24) is 37.2 Å². The van der Waals surface area contributed by atoms with E-state index < -0.39 is 163 Å². The van der Waals surface area contributed by atoms with Crippen LogP contribution in [0.3, 0.4) is 0 Å². The topological polar surface area (TPSA) is 333 Å². The second-order valence-electron chi connectivity index (χ2n) is 20.1. The third-order valence-corrected chi connectivity index (χ3v) is 12.1. The molecule has 7 atom stereocenters. The molecule has 77 heavy (non-hydrogen) atoms. The number of aliphatic carboxylic acids is 3. The van der Waals surface area contributed by atoms with E-state index in [1.165, 1.54) is 20.8 Å². The minimum atomic E-state index is -5.06. The summed E-state index contributed by atoms with van der Waals surface area (Å²) in [5.74, 6) is -14.6. The van der Waals surface area contributed by atoms with Gasteiger partial charge in [0.25, 0.3) is 5.91 Å². The quantitative estimate of drug-likeness (QED) is 0.0444. The molecule has 0 aliphatic heterocycles. The molecule has 7 amide bonds. The van der Waals surface area contributed by atoms with Gasteiger partial charge in [-0.3, -0.25) is 52.7 Å². The fourth-order valence-electron chi connectivity index (χ4n) is 8.04. The van der Waals surface area contributed by atoms with Gasteiger partial charge in [-0.15, -0.1) is 0 Å². The van der Waals surface area contributed by atoms with E-state index in [1.54, 1.807) is 76.2 Å². The molecule has 0 saturated carbocycles. The van der Waals surface area contributed by atoms with E-state index in [1.807, 2.05) is 23.5 Å². The lowest BCUT2D eigenvalue weighted by atomic mass is 9.85. The number of carbonyl (C=O) groups excluding carboxylic acids is 8. The van der Waals surface area contributed by atoms with Crippen LogP contribution in [0.1, 0.15) is 116 Å². The van der Waals surface area contributed by atoms with Gasteiger partial charge in [0.15, 0.2) is 0 Å². The molecule has 0 heterocycles. The maximum Gasteiger partial charge on any atom is 0.391 e. The van der Waals surface area contributed by atoms with Crippen molar-refractivity contribution in [3.8, 4) is 0 Å². The number of hydrogen-bond acceptors (Lipinski definition) is 11. The Morgan fingerprint density at radius 1 is 0.571 bits per heavy atom. The van der Waals surface area contributed by atoms with E-state index in [-0.39, 0.29) is 19.3 Å². The number of amides is 7. The molecule has 0 aromatic heterocycles. The summed E-state index contributed by atoms with van der Waals surface area (Å²) in [4.78, 5) is 144. The van der Waals surface area contributed by atoms with E-state index in [2.05, 4.69) is 31.9 Å². The summed E-state index contributed by atoms with van der Waals surface area (Å²) in [6.45, 7) is 11.2. The first-order chi connectivity index (χ1) is 35.9. The molecular formula is C53H68F3N7O14. The summed E-state index contributed by atoms with van der Waals surface area (Å²) in [7, 11) is 0. The molecule has 0 radical (unpaired) electrons. The lowest BCUT2D eigenvalue weighted by molar-refractivity contribution is -0.154. The molecule has 420 valence electrons. The smallest absolute Gasteiger partial charge is 0.391 e. The molecule has 3 aromatic carbocycles. The zero-order chi connectivity index (χ0) is 57.9. The zero-order valence-electron chi connectivity index (χ0n) is 43.8. The first-order valence-corrected chi connectivity index (χ1v) is 24.8. The highest BCUT2D eigenvalue weighted by Crippen LogP contribution is 2.26. The monoisotopic (exact) mass is 1080 g/mol. The normalized spacial score (nSPS) is 14.3. The van der Waals surface area contributed by atoms with Crippen molar-refractivity contribution < 1.29 is 81.2 Å². The van der Waals surface area contributed by atoms with Gasteiger partial charge in [0, 0.05) is 19.3 Å². The highest BCUT2D eigenvalue weighted by Gasteiger charge is 2.42. The number of alkyl halides is 3. The first kappa shape index (κ1) is 63.4. The van der Waals surface area contributed by atoms with E-state index in [0.29, 0.717) is 16.7 Å². The van der Waals surface area contributed by atoms with Crippen LogP contribution in [0.25, 0.3) is 10.8 Å². The molecule has 0 bridgehead atoms. The standard InChI is InChI=1S/C53H68F3N7O14/c1-8-34(33-18-17-30-14-11-12-16-32(30)24-33)58-50(76)44(71)39(27-53(54,55)56)62-47(73)36(23-28(2)3)61-51(77)45(52(5,6)7)63-49(75)37(25-31-15-10-9-13-29(31)4)60-46(72)35(19-21-41(65)66)59-48(74)38(26-43(69)70)57-40(64)20-22-42(67)68/h9-18,24,28,34-39,45H,8,19-23,25-27H2,1-7H3,(H,57,64)(H,58,76)(H,59,74)(H,60,72)(H,61,77)(H,62,73)(H,63,75)(H,65,66)(H,67,68)(H,69,70)/t34-,35-,36-,37-,38-,39+,45+/m0/s1. The van der Waals surface area contributed by atoms with Gasteiger partial charge in [-0.05, 0) is 71.0 Å². The number of Topliss-reactive ketones (excluding diaryl/α,β-unsaturated/α-hetero) is 1. The summed E-state index contributed by atoms with van der Waals surface area (Å²) in [6.07, 6.45) is -11.0. The summed E-state index contributed by atoms with van der Waals surface area (Å²) < 4.78 is 42.2. The Balaban J connectivity index is 1.94. The number of benzene rings is 3. The van der Waals surface area contributed by atoms with Crippen molar-refractivity contribution in [2.45, 2.75) is 155 Å². The minimum Gasteiger partial charge on any atom is -0.481 e. The summed E-state index contributed by atoms with van der Waals surface area (Å²) >= 11 is 0. The molecule has 0 aliphatic rings. The Bertz CT molecular complexity index is 2660. The highest BCUT2D eigenvalue weighted by molar-refractivity contribution is 6.38. The van der Waals surface area contributed by atoms with Crippen LogP contribution in [0.2, 0.25) is 0 Å². The minimum absolute atomic E-state index is 0.212. The number of fused-ring (bicyclic) bond motifs is 1. The number of carbonyl (C=O) groups is 11. The van der Waals surface area contributed by atoms with Crippen molar-refractivity contribution in [3.63, 3.8) is 0 Å². The van der Waals surface area contributed by atoms with E-state index >= 15 is 0 Å². The predicted molar refractivity (Wildman–Crippen MR) is 272 cm³/mol. The molecular weight excluding hydrogens is 1020 g/mol. The van der Waals surface area contributed by atoms with Crippen molar-refractivity contribution in [2.75, 3.05) is 0 Å². The Labute approximate surface area is 442 Å². The number of halogens is 3. The average molecular weight is 1080 g/mol. The second-order valence-corrected chi connectivity index (χ2v) is 20.1. The zero-order valence-corrected chi connectivity index (χ0v) is 43.8. The molecule has 3 aromatic rings. The number of carboxylic acid groups (broad SMARTS) is 3. The number of rotatable bonds is 29. The Morgan fingerprint density at radius 3 is 1.69 bits per heavy atom.